The summed E-state index contributed by atoms with van der Waals surface area (Å²) in [5.74, 6) is -1.93. The van der Waals surface area contributed by atoms with E-state index in [-0.39, 0.29) is 0 Å². The highest BCUT2D eigenvalue weighted by Gasteiger charge is 2.62. The zero-order valence-corrected chi connectivity index (χ0v) is 11.5. The highest BCUT2D eigenvalue weighted by Crippen LogP contribution is 2.50. The molecule has 2 aromatic rings. The summed E-state index contributed by atoms with van der Waals surface area (Å²) in [6, 6.07) is 18.0. The van der Waals surface area contributed by atoms with Crippen LogP contribution in [0.2, 0.25) is 0 Å². The van der Waals surface area contributed by atoms with Crippen LogP contribution in [-0.4, -0.2) is 18.0 Å². The Bertz CT molecular complexity index is 732. The van der Waals surface area contributed by atoms with Crippen LogP contribution < -0.4 is 0 Å². The van der Waals surface area contributed by atoms with Crippen LogP contribution in [0.5, 0.6) is 0 Å². The van der Waals surface area contributed by atoms with Crippen molar-refractivity contribution in [1.82, 2.24) is 0 Å². The summed E-state index contributed by atoms with van der Waals surface area (Å²) in [5.41, 5.74) is 0.643. The van der Waals surface area contributed by atoms with Crippen LogP contribution in [-0.2, 0) is 19.9 Å². The molecule has 0 bridgehead atoms. The van der Waals surface area contributed by atoms with Gasteiger partial charge in [-0.1, -0.05) is 60.7 Å². The Kier molecular flexibility index (Phi) is 2.69. The summed E-state index contributed by atoms with van der Waals surface area (Å²) in [5, 5.41) is 8.46. The van der Waals surface area contributed by atoms with E-state index in [4.69, 9.17) is 4.74 Å². The maximum atomic E-state index is 12.3. The van der Waals surface area contributed by atoms with Gasteiger partial charge in [-0.05, 0) is 11.1 Å². The Morgan fingerprint density at radius 2 is 1.36 bits per heavy atom. The van der Waals surface area contributed by atoms with Crippen molar-refractivity contribution < 1.29 is 14.3 Å². The van der Waals surface area contributed by atoms with Crippen LogP contribution in [0, 0.1) is 5.92 Å². The lowest BCUT2D eigenvalue weighted by molar-refractivity contribution is -0.154. The lowest BCUT2D eigenvalue weighted by Gasteiger charge is -2.29. The van der Waals surface area contributed by atoms with Gasteiger partial charge in [-0.25, -0.2) is 4.79 Å². The van der Waals surface area contributed by atoms with Gasteiger partial charge in [-0.3, -0.25) is 4.79 Å². The maximum Gasteiger partial charge on any atom is 0.341 e. The molecular weight excluding hydrogens is 280 g/mol. The molecule has 2 aromatic carbocycles. The topological polar surface area (TPSA) is 68.1 Å². The van der Waals surface area contributed by atoms with Gasteiger partial charge in [0.1, 0.15) is 11.5 Å². The summed E-state index contributed by atoms with van der Waals surface area (Å²) in [6.07, 6.45) is 0. The summed E-state index contributed by atoms with van der Waals surface area (Å²) >= 11 is 0. The molecule has 2 heterocycles. The van der Waals surface area contributed by atoms with Gasteiger partial charge in [0, 0.05) is 0 Å². The molecule has 108 valence electrons. The Balaban J connectivity index is 1.98. The van der Waals surface area contributed by atoms with Gasteiger partial charge in [0.25, 0.3) is 0 Å². The van der Waals surface area contributed by atoms with E-state index in [0.717, 1.165) is 11.1 Å². The predicted molar refractivity (Wildman–Crippen MR) is 76.9 cm³/mol. The zero-order valence-electron chi connectivity index (χ0n) is 11.5. The van der Waals surface area contributed by atoms with Crippen LogP contribution >= 0.6 is 0 Å². The molecule has 1 saturated heterocycles. The van der Waals surface area contributed by atoms with E-state index < -0.39 is 29.4 Å². The number of carbonyl (C=O) groups excluding carboxylic acids is 2. The molecule has 5 nitrogen and oxygen atoms in total. The molecule has 2 aliphatic heterocycles. The number of esters is 2. The van der Waals surface area contributed by atoms with E-state index in [1.54, 1.807) is 0 Å². The summed E-state index contributed by atoms with van der Waals surface area (Å²) in [7, 11) is 0. The second-order valence-corrected chi connectivity index (χ2v) is 5.38. The van der Waals surface area contributed by atoms with Crippen LogP contribution in [0.3, 0.4) is 0 Å². The lowest BCUT2D eigenvalue weighted by atomic mass is 9.72. The number of carbonyl (C=O) groups is 2. The van der Waals surface area contributed by atoms with Crippen molar-refractivity contribution in [3.63, 3.8) is 0 Å². The zero-order chi connectivity index (χ0) is 15.2. The SMILES string of the molecule is O=C1OC(=O)[C@H]2[C@@H]1N=NC2(c1ccccc1)c1ccccc1. The second kappa shape index (κ2) is 4.59. The number of hydrogen-bond donors (Lipinski definition) is 0. The van der Waals surface area contributed by atoms with Crippen molar-refractivity contribution in [3.05, 3.63) is 71.8 Å². The van der Waals surface area contributed by atoms with E-state index in [1.165, 1.54) is 0 Å². The molecule has 2 aliphatic rings. The summed E-state index contributed by atoms with van der Waals surface area (Å²) in [6.45, 7) is 0. The van der Waals surface area contributed by atoms with E-state index in [9.17, 15) is 9.59 Å². The van der Waals surface area contributed by atoms with Crippen molar-refractivity contribution >= 4 is 11.9 Å². The van der Waals surface area contributed by atoms with Gasteiger partial charge in [-0.15, -0.1) is 0 Å². The monoisotopic (exact) mass is 292 g/mol. The first kappa shape index (κ1) is 12.9. The van der Waals surface area contributed by atoms with E-state index in [1.807, 2.05) is 60.7 Å². The first-order valence-corrected chi connectivity index (χ1v) is 7.02. The molecular formula is C17H12N2O3. The van der Waals surface area contributed by atoms with Gasteiger partial charge in [-0.2, -0.15) is 10.2 Å². The number of rotatable bonds is 2. The maximum absolute atomic E-state index is 12.3. The third-order valence-electron chi connectivity index (χ3n) is 4.23. The third kappa shape index (κ3) is 1.59. The minimum atomic E-state index is -1.00. The standard InChI is InChI=1S/C17H12N2O3/c20-15-13-14(16(21)22-15)18-19-17(13,11-7-3-1-4-8-11)12-9-5-2-6-10-12/h1-10,13-14H/t13-,14+/m1/s1. The molecule has 0 N–H and O–H groups in total. The molecule has 0 spiro atoms. The molecule has 0 amide bonds. The average Bonchev–Trinajstić information content (AvgIpc) is 3.10. The number of ether oxygens (including phenoxy) is 1. The highest BCUT2D eigenvalue weighted by atomic mass is 16.6. The number of hydrogen-bond acceptors (Lipinski definition) is 5. The lowest BCUT2D eigenvalue weighted by Crippen LogP contribution is -2.38. The number of azo groups is 1. The molecule has 22 heavy (non-hydrogen) atoms. The van der Waals surface area contributed by atoms with E-state index in [2.05, 4.69) is 10.2 Å². The molecule has 0 aliphatic carbocycles. The van der Waals surface area contributed by atoms with E-state index in [0.29, 0.717) is 0 Å². The quantitative estimate of drug-likeness (QED) is 0.630. The molecule has 0 unspecified atom stereocenters. The minimum Gasteiger partial charge on any atom is -0.391 e. The largest absolute Gasteiger partial charge is 0.391 e. The normalized spacial score (nSPS) is 25.1. The molecule has 5 heteroatoms. The van der Waals surface area contributed by atoms with Crippen molar-refractivity contribution in [2.75, 3.05) is 0 Å². The molecule has 0 saturated carbocycles. The van der Waals surface area contributed by atoms with Crippen LogP contribution in [0.1, 0.15) is 11.1 Å². The first-order chi connectivity index (χ1) is 10.7. The van der Waals surface area contributed by atoms with Crippen molar-refractivity contribution in [3.8, 4) is 0 Å². The van der Waals surface area contributed by atoms with Gasteiger partial charge >= 0.3 is 11.9 Å². The highest BCUT2D eigenvalue weighted by molar-refractivity contribution is 6.00. The molecule has 0 aromatic heterocycles. The molecule has 0 radical (unpaired) electrons. The molecule has 4 rings (SSSR count). The first-order valence-electron chi connectivity index (χ1n) is 7.02. The van der Waals surface area contributed by atoms with Crippen LogP contribution in [0.25, 0.3) is 0 Å². The number of nitrogens with zero attached hydrogens (tertiary/aromatic N) is 2. The Morgan fingerprint density at radius 3 is 1.91 bits per heavy atom. The summed E-state index contributed by atoms with van der Waals surface area (Å²) in [4.78, 5) is 24.1. The third-order valence-corrected chi connectivity index (χ3v) is 4.23. The van der Waals surface area contributed by atoms with Gasteiger partial charge < -0.3 is 4.74 Å². The van der Waals surface area contributed by atoms with E-state index >= 15 is 0 Å². The Morgan fingerprint density at radius 1 is 0.818 bits per heavy atom. The fourth-order valence-corrected chi connectivity index (χ4v) is 3.24. The minimum absolute atomic E-state index is 0.562. The fraction of sp³-hybridized carbons (Fsp3) is 0.176. The second-order valence-electron chi connectivity index (χ2n) is 5.38. The Labute approximate surface area is 126 Å². The Hall–Kier alpha value is -2.82. The number of cyclic esters (lactones) is 2. The van der Waals surface area contributed by atoms with Crippen molar-refractivity contribution in [2.24, 2.45) is 16.1 Å². The smallest absolute Gasteiger partial charge is 0.341 e. The van der Waals surface area contributed by atoms with Crippen molar-refractivity contribution in [2.45, 2.75) is 11.6 Å². The van der Waals surface area contributed by atoms with Crippen LogP contribution in [0.15, 0.2) is 70.9 Å². The summed E-state index contributed by atoms with van der Waals surface area (Å²) < 4.78 is 4.79. The average molecular weight is 292 g/mol. The van der Waals surface area contributed by atoms with Gasteiger partial charge in [0.05, 0.1) is 0 Å². The molecule has 1 fully saturated rings. The number of benzene rings is 2. The predicted octanol–water partition coefficient (Wildman–Crippen LogP) is 2.46. The van der Waals surface area contributed by atoms with Gasteiger partial charge in [0.2, 0.25) is 0 Å². The fourth-order valence-electron chi connectivity index (χ4n) is 3.24. The molecule has 2 atom stereocenters. The van der Waals surface area contributed by atoms with Crippen molar-refractivity contribution in [1.29, 1.82) is 0 Å². The van der Waals surface area contributed by atoms with Crippen LogP contribution in [0.4, 0.5) is 0 Å². The van der Waals surface area contributed by atoms with Gasteiger partial charge in [0.15, 0.2) is 6.04 Å². The number of fused-ring (bicyclic) bond motifs is 1.